The van der Waals surface area contributed by atoms with Crippen LogP contribution < -0.4 is 14.8 Å². The molecule has 0 bridgehead atoms. The molecule has 1 atom stereocenters. The van der Waals surface area contributed by atoms with Crippen LogP contribution >= 0.6 is 0 Å². The summed E-state index contributed by atoms with van der Waals surface area (Å²) in [5.74, 6) is -1.67. The van der Waals surface area contributed by atoms with Gasteiger partial charge in [-0.3, -0.25) is 4.79 Å². The van der Waals surface area contributed by atoms with E-state index < -0.39 is 30.8 Å². The predicted octanol–water partition coefficient (Wildman–Crippen LogP) is 2.32. The Morgan fingerprint density at radius 1 is 1.35 bits per heavy atom. The molecule has 8 heteroatoms. The molecule has 0 radical (unpaired) electrons. The van der Waals surface area contributed by atoms with Gasteiger partial charge in [-0.2, -0.15) is 0 Å². The van der Waals surface area contributed by atoms with E-state index in [1.807, 2.05) is 6.92 Å². The van der Waals surface area contributed by atoms with Gasteiger partial charge in [-0.25, -0.2) is 13.6 Å². The quantitative estimate of drug-likeness (QED) is 0.725. The van der Waals surface area contributed by atoms with E-state index in [2.05, 4.69) is 5.32 Å². The van der Waals surface area contributed by atoms with Crippen molar-refractivity contribution >= 4 is 11.9 Å². The largest absolute Gasteiger partial charge is 0.497 e. The first-order valence-corrected chi connectivity index (χ1v) is 7.01. The smallest absolute Gasteiger partial charge is 0.326 e. The van der Waals surface area contributed by atoms with Crippen molar-refractivity contribution in [2.45, 2.75) is 32.2 Å². The third-order valence-corrected chi connectivity index (χ3v) is 2.91. The number of amides is 1. The van der Waals surface area contributed by atoms with Crippen molar-refractivity contribution in [1.29, 1.82) is 0 Å². The molecule has 1 unspecified atom stereocenters. The van der Waals surface area contributed by atoms with Gasteiger partial charge in [-0.05, 0) is 18.6 Å². The van der Waals surface area contributed by atoms with E-state index in [-0.39, 0.29) is 11.3 Å². The Kier molecular flexibility index (Phi) is 7.24. The van der Waals surface area contributed by atoms with Crippen LogP contribution in [0.15, 0.2) is 18.2 Å². The van der Waals surface area contributed by atoms with Gasteiger partial charge in [0.25, 0.3) is 5.91 Å². The molecule has 128 valence electrons. The molecule has 0 spiro atoms. The van der Waals surface area contributed by atoms with Gasteiger partial charge >= 0.3 is 5.97 Å². The first kappa shape index (κ1) is 18.7. The lowest BCUT2D eigenvalue weighted by molar-refractivity contribution is -0.140. The van der Waals surface area contributed by atoms with Crippen LogP contribution in [0.1, 0.15) is 30.1 Å². The molecule has 0 aliphatic rings. The molecule has 0 aliphatic carbocycles. The van der Waals surface area contributed by atoms with Crippen molar-refractivity contribution < 1.29 is 33.0 Å². The van der Waals surface area contributed by atoms with Gasteiger partial charge in [-0.15, -0.1) is 0 Å². The fourth-order valence-electron chi connectivity index (χ4n) is 1.78. The maximum atomic E-state index is 12.4. The second kappa shape index (κ2) is 8.92. The molecule has 0 saturated heterocycles. The highest BCUT2D eigenvalue weighted by Gasteiger charge is 2.26. The van der Waals surface area contributed by atoms with Gasteiger partial charge in [-0.1, -0.05) is 6.92 Å². The fraction of sp³-hybridized carbons (Fsp3) is 0.467. The first-order chi connectivity index (χ1) is 10.9. The summed E-state index contributed by atoms with van der Waals surface area (Å²) >= 11 is 0. The van der Waals surface area contributed by atoms with Crippen LogP contribution in [-0.2, 0) is 4.79 Å². The van der Waals surface area contributed by atoms with Crippen LogP contribution in [0.5, 0.6) is 11.5 Å². The summed E-state index contributed by atoms with van der Waals surface area (Å²) in [7, 11) is 1.45. The number of aliphatic carboxylic acids is 1. The van der Waals surface area contributed by atoms with Crippen LogP contribution in [0.2, 0.25) is 0 Å². The molecule has 0 fully saturated rings. The average molecular weight is 331 g/mol. The van der Waals surface area contributed by atoms with Crippen LogP contribution in [0.25, 0.3) is 0 Å². The van der Waals surface area contributed by atoms with Crippen LogP contribution in [-0.4, -0.2) is 43.2 Å². The Balaban J connectivity index is 2.98. The van der Waals surface area contributed by atoms with Crippen LogP contribution in [0.3, 0.4) is 0 Å². The van der Waals surface area contributed by atoms with Crippen molar-refractivity contribution in [2.24, 2.45) is 0 Å². The number of hydrogen-bond acceptors (Lipinski definition) is 4. The number of carboxylic acid groups (broad SMARTS) is 1. The zero-order valence-corrected chi connectivity index (χ0v) is 12.8. The number of alkyl halides is 2. The van der Waals surface area contributed by atoms with Gasteiger partial charge in [0.1, 0.15) is 17.5 Å². The number of carboxylic acids is 1. The van der Waals surface area contributed by atoms with Crippen molar-refractivity contribution in [3.05, 3.63) is 23.8 Å². The number of benzene rings is 1. The minimum Gasteiger partial charge on any atom is -0.497 e. The van der Waals surface area contributed by atoms with Gasteiger partial charge in [0, 0.05) is 12.5 Å². The normalized spacial score (nSPS) is 11.9. The Morgan fingerprint density at radius 3 is 2.57 bits per heavy atom. The minimum atomic E-state index is -2.84. The average Bonchev–Trinajstić information content (AvgIpc) is 2.51. The molecule has 6 nitrogen and oxygen atoms in total. The summed E-state index contributed by atoms with van der Waals surface area (Å²) < 4.78 is 35.2. The van der Waals surface area contributed by atoms with E-state index in [1.54, 1.807) is 0 Å². The molecule has 0 aromatic heterocycles. The van der Waals surface area contributed by atoms with Crippen LogP contribution in [0.4, 0.5) is 8.78 Å². The van der Waals surface area contributed by atoms with E-state index in [4.69, 9.17) is 14.6 Å². The summed E-state index contributed by atoms with van der Waals surface area (Å²) in [6, 6.07) is 2.69. The number of carbonyl (C=O) groups excluding carboxylic acids is 1. The molecule has 2 N–H and O–H groups in total. The summed E-state index contributed by atoms with van der Waals surface area (Å²) in [6.45, 7) is 2.22. The predicted molar refractivity (Wildman–Crippen MR) is 78.3 cm³/mol. The summed E-state index contributed by atoms with van der Waals surface area (Å²) in [5, 5.41) is 11.0. The molecule has 1 aromatic rings. The Bertz CT molecular complexity index is 551. The van der Waals surface area contributed by atoms with Crippen molar-refractivity contribution in [3.8, 4) is 11.5 Å². The highest BCUT2D eigenvalue weighted by molar-refractivity contribution is 5.99. The maximum Gasteiger partial charge on any atom is 0.326 e. The second-order valence-corrected chi connectivity index (χ2v) is 4.70. The molecular weight excluding hydrogens is 312 g/mol. The molecular formula is C15H19F2NO5. The third kappa shape index (κ3) is 5.72. The van der Waals surface area contributed by atoms with E-state index in [0.29, 0.717) is 18.8 Å². The summed E-state index contributed by atoms with van der Waals surface area (Å²) in [4.78, 5) is 23.1. The van der Waals surface area contributed by atoms with Gasteiger partial charge in [0.05, 0.1) is 19.3 Å². The topological polar surface area (TPSA) is 84.9 Å². The lowest BCUT2D eigenvalue weighted by atomic mass is 10.1. The second-order valence-electron chi connectivity index (χ2n) is 4.70. The first-order valence-electron chi connectivity index (χ1n) is 7.01. The van der Waals surface area contributed by atoms with E-state index in [1.165, 1.54) is 25.3 Å². The van der Waals surface area contributed by atoms with Crippen LogP contribution in [0, 0.1) is 0 Å². The molecule has 1 amide bonds. The van der Waals surface area contributed by atoms with E-state index in [9.17, 15) is 18.4 Å². The summed E-state index contributed by atoms with van der Waals surface area (Å²) in [5.41, 5.74) is 0.0553. The standard InChI is InChI=1S/C15H19F2NO5/c1-3-6-23-12-7-9(22-2)4-5-10(12)14(19)18-11(15(20)21)8-13(16)17/h4-5,7,11,13H,3,6,8H2,1-2H3,(H,18,19)(H,20,21). The molecule has 1 aromatic carbocycles. The maximum absolute atomic E-state index is 12.4. The fourth-order valence-corrected chi connectivity index (χ4v) is 1.78. The third-order valence-electron chi connectivity index (χ3n) is 2.91. The zero-order chi connectivity index (χ0) is 17.4. The lowest BCUT2D eigenvalue weighted by Crippen LogP contribution is -2.42. The highest BCUT2D eigenvalue weighted by Crippen LogP contribution is 2.25. The number of halogens is 2. The highest BCUT2D eigenvalue weighted by atomic mass is 19.3. The summed E-state index contributed by atoms with van der Waals surface area (Å²) in [6.07, 6.45) is -3.12. The Labute approximate surface area is 132 Å². The molecule has 0 heterocycles. The number of methoxy groups -OCH3 is 1. The van der Waals surface area contributed by atoms with E-state index >= 15 is 0 Å². The lowest BCUT2D eigenvalue weighted by Gasteiger charge is -2.16. The molecule has 0 aliphatic heterocycles. The van der Waals surface area contributed by atoms with Crippen molar-refractivity contribution in [2.75, 3.05) is 13.7 Å². The Morgan fingerprint density at radius 2 is 2.04 bits per heavy atom. The molecule has 23 heavy (non-hydrogen) atoms. The number of rotatable bonds is 9. The van der Waals surface area contributed by atoms with Crippen molar-refractivity contribution in [1.82, 2.24) is 5.32 Å². The van der Waals surface area contributed by atoms with Gasteiger partial charge in [0.15, 0.2) is 0 Å². The van der Waals surface area contributed by atoms with E-state index in [0.717, 1.165) is 0 Å². The van der Waals surface area contributed by atoms with Gasteiger partial charge in [0.2, 0.25) is 6.43 Å². The monoisotopic (exact) mass is 331 g/mol. The zero-order valence-electron chi connectivity index (χ0n) is 12.8. The number of carbonyl (C=O) groups is 2. The minimum absolute atomic E-state index is 0.0553. The van der Waals surface area contributed by atoms with Gasteiger partial charge < -0.3 is 19.9 Å². The van der Waals surface area contributed by atoms with Crippen molar-refractivity contribution in [3.63, 3.8) is 0 Å². The SMILES string of the molecule is CCCOc1cc(OC)ccc1C(=O)NC(CC(F)F)C(=O)O. The number of ether oxygens (including phenoxy) is 2. The molecule has 0 saturated carbocycles. The molecule has 1 rings (SSSR count). The Hall–Kier alpha value is -2.38. The number of nitrogens with one attached hydrogen (secondary N) is 1. The number of hydrogen-bond donors (Lipinski definition) is 2.